The summed E-state index contributed by atoms with van der Waals surface area (Å²) < 4.78 is 38.9. The lowest BCUT2D eigenvalue weighted by molar-refractivity contribution is -0.183. The number of likely N-dealkylation sites (tertiary alicyclic amines) is 1. The molecule has 1 atom stereocenters. The first-order valence-electron chi connectivity index (χ1n) is 5.32. The molecule has 0 saturated carbocycles. The van der Waals surface area contributed by atoms with E-state index in [1.165, 1.54) is 28.2 Å². The van der Waals surface area contributed by atoms with E-state index in [0.29, 0.717) is 13.0 Å². The maximum absolute atomic E-state index is 12.6. The van der Waals surface area contributed by atoms with Gasteiger partial charge in [-0.05, 0) is 12.8 Å². The number of amides is 1. The lowest BCUT2D eigenvalue weighted by Crippen LogP contribution is -2.45. The first-order valence-corrected chi connectivity index (χ1v) is 5.32. The number of carbonyl (C=O) groups is 1. The number of imidazole rings is 1. The van der Waals surface area contributed by atoms with E-state index < -0.39 is 18.1 Å². The number of piperidine rings is 1. The maximum atomic E-state index is 12.6. The van der Waals surface area contributed by atoms with Crippen molar-refractivity contribution in [3.63, 3.8) is 0 Å². The molecule has 1 aliphatic rings. The van der Waals surface area contributed by atoms with Gasteiger partial charge in [-0.3, -0.25) is 4.57 Å². The molecule has 2 rings (SSSR count). The van der Waals surface area contributed by atoms with Crippen LogP contribution in [-0.4, -0.2) is 39.7 Å². The number of nitrogens with zero attached hydrogens (tertiary/aromatic N) is 3. The minimum atomic E-state index is -4.23. The number of hydrogen-bond donors (Lipinski definition) is 0. The smallest absolute Gasteiger partial charge is 0.323 e. The molecule has 1 aromatic rings. The van der Waals surface area contributed by atoms with Gasteiger partial charge in [0.25, 0.3) is 0 Å². The SMILES string of the molecule is O=C(N1CCCC(C(F)(F)F)C1)n1ccnc1. The van der Waals surface area contributed by atoms with E-state index in [0.717, 1.165) is 0 Å². The Bertz CT molecular complexity index is 388. The summed E-state index contributed by atoms with van der Waals surface area (Å²) >= 11 is 0. The Morgan fingerprint density at radius 1 is 1.41 bits per heavy atom. The Kier molecular flexibility index (Phi) is 3.08. The van der Waals surface area contributed by atoms with Gasteiger partial charge in [-0.15, -0.1) is 0 Å². The van der Waals surface area contributed by atoms with Crippen LogP contribution in [0.5, 0.6) is 0 Å². The third-order valence-electron chi connectivity index (χ3n) is 2.88. The molecule has 1 aromatic heterocycles. The van der Waals surface area contributed by atoms with Gasteiger partial charge < -0.3 is 4.90 Å². The Morgan fingerprint density at radius 3 is 2.76 bits per heavy atom. The number of carbonyl (C=O) groups excluding carboxylic acids is 1. The molecule has 0 aromatic carbocycles. The van der Waals surface area contributed by atoms with E-state index in [9.17, 15) is 18.0 Å². The summed E-state index contributed by atoms with van der Waals surface area (Å²) in [4.78, 5) is 16.7. The van der Waals surface area contributed by atoms with Crippen LogP contribution in [-0.2, 0) is 0 Å². The first kappa shape index (κ1) is 11.9. The molecule has 17 heavy (non-hydrogen) atoms. The summed E-state index contributed by atoms with van der Waals surface area (Å²) in [5.74, 6) is -1.41. The number of hydrogen-bond acceptors (Lipinski definition) is 2. The summed E-state index contributed by atoms with van der Waals surface area (Å²) in [5.41, 5.74) is 0. The fraction of sp³-hybridized carbons (Fsp3) is 0.600. The minimum Gasteiger partial charge on any atom is -0.323 e. The zero-order chi connectivity index (χ0) is 12.5. The fourth-order valence-electron chi connectivity index (χ4n) is 1.95. The standard InChI is InChI=1S/C10H12F3N3O/c11-10(12,13)8-2-1-4-15(6-8)9(17)16-5-3-14-7-16/h3,5,7-8H,1-2,4,6H2. The van der Waals surface area contributed by atoms with Gasteiger partial charge in [0.1, 0.15) is 6.33 Å². The molecule has 1 unspecified atom stereocenters. The van der Waals surface area contributed by atoms with Crippen LogP contribution in [0.2, 0.25) is 0 Å². The highest BCUT2D eigenvalue weighted by Gasteiger charge is 2.42. The van der Waals surface area contributed by atoms with Crippen molar-refractivity contribution in [2.24, 2.45) is 5.92 Å². The summed E-state index contributed by atoms with van der Waals surface area (Å²) in [6.07, 6.45) is 0.387. The average Bonchev–Trinajstić information content (AvgIpc) is 2.80. The molecule has 0 aliphatic carbocycles. The molecule has 7 heteroatoms. The van der Waals surface area contributed by atoms with Gasteiger partial charge in [-0.1, -0.05) is 0 Å². The molecule has 1 saturated heterocycles. The Hall–Kier alpha value is -1.53. The summed E-state index contributed by atoms with van der Waals surface area (Å²) in [6.45, 7) is 0.101. The van der Waals surface area contributed by atoms with Gasteiger partial charge in [0.2, 0.25) is 0 Å². The van der Waals surface area contributed by atoms with Gasteiger partial charge in [0.15, 0.2) is 0 Å². The topological polar surface area (TPSA) is 38.1 Å². The second-order valence-corrected chi connectivity index (χ2v) is 4.08. The van der Waals surface area contributed by atoms with Crippen molar-refractivity contribution in [1.29, 1.82) is 0 Å². The predicted octanol–water partition coefficient (Wildman–Crippen LogP) is 2.13. The number of aromatic nitrogens is 2. The summed E-state index contributed by atoms with van der Waals surface area (Å²) in [6, 6.07) is -0.448. The van der Waals surface area contributed by atoms with Crippen molar-refractivity contribution in [2.45, 2.75) is 19.0 Å². The molecule has 0 bridgehead atoms. The number of alkyl halides is 3. The van der Waals surface area contributed by atoms with Crippen molar-refractivity contribution in [2.75, 3.05) is 13.1 Å². The fourth-order valence-corrected chi connectivity index (χ4v) is 1.95. The van der Waals surface area contributed by atoms with Crippen LogP contribution in [0.3, 0.4) is 0 Å². The maximum Gasteiger partial charge on any atom is 0.393 e. The van der Waals surface area contributed by atoms with E-state index in [2.05, 4.69) is 4.98 Å². The van der Waals surface area contributed by atoms with Gasteiger partial charge >= 0.3 is 12.2 Å². The third-order valence-corrected chi connectivity index (χ3v) is 2.88. The Labute approximate surface area is 96.0 Å². The highest BCUT2D eigenvalue weighted by molar-refractivity contribution is 5.76. The predicted molar refractivity (Wildman–Crippen MR) is 53.4 cm³/mol. The quantitative estimate of drug-likeness (QED) is 0.704. The zero-order valence-electron chi connectivity index (χ0n) is 9.02. The average molecular weight is 247 g/mol. The lowest BCUT2D eigenvalue weighted by Gasteiger charge is -2.33. The van der Waals surface area contributed by atoms with Crippen molar-refractivity contribution in [3.05, 3.63) is 18.7 Å². The van der Waals surface area contributed by atoms with Gasteiger partial charge in [-0.25, -0.2) is 9.78 Å². The normalized spacial score (nSPS) is 21.6. The second kappa shape index (κ2) is 4.38. The third kappa shape index (κ3) is 2.59. The van der Waals surface area contributed by atoms with Crippen LogP contribution in [0.25, 0.3) is 0 Å². The van der Waals surface area contributed by atoms with Gasteiger partial charge in [-0.2, -0.15) is 13.2 Å². The Balaban J connectivity index is 2.05. The number of rotatable bonds is 0. The molecule has 2 heterocycles. The van der Waals surface area contributed by atoms with Crippen LogP contribution in [0.1, 0.15) is 12.8 Å². The highest BCUT2D eigenvalue weighted by Crippen LogP contribution is 2.33. The minimum absolute atomic E-state index is 0.0945. The van der Waals surface area contributed by atoms with Crippen LogP contribution < -0.4 is 0 Å². The van der Waals surface area contributed by atoms with Crippen molar-refractivity contribution in [1.82, 2.24) is 14.5 Å². The van der Waals surface area contributed by atoms with E-state index in [4.69, 9.17) is 0 Å². The van der Waals surface area contributed by atoms with Crippen LogP contribution in [0, 0.1) is 5.92 Å². The zero-order valence-corrected chi connectivity index (χ0v) is 9.02. The molecule has 0 N–H and O–H groups in total. The Morgan fingerprint density at radius 2 is 2.18 bits per heavy atom. The van der Waals surface area contributed by atoms with E-state index in [-0.39, 0.29) is 13.0 Å². The van der Waals surface area contributed by atoms with E-state index in [1.807, 2.05) is 0 Å². The monoisotopic (exact) mass is 247 g/mol. The van der Waals surface area contributed by atoms with Gasteiger partial charge in [0, 0.05) is 25.5 Å². The molecule has 94 valence electrons. The van der Waals surface area contributed by atoms with E-state index in [1.54, 1.807) is 0 Å². The second-order valence-electron chi connectivity index (χ2n) is 4.08. The molecular weight excluding hydrogens is 235 g/mol. The van der Waals surface area contributed by atoms with Gasteiger partial charge in [0.05, 0.1) is 5.92 Å². The molecular formula is C10H12F3N3O. The molecule has 0 spiro atoms. The summed E-state index contributed by atoms with van der Waals surface area (Å²) in [5, 5.41) is 0. The summed E-state index contributed by atoms with van der Waals surface area (Å²) in [7, 11) is 0. The highest BCUT2D eigenvalue weighted by atomic mass is 19.4. The molecule has 1 amide bonds. The van der Waals surface area contributed by atoms with Crippen molar-refractivity contribution in [3.8, 4) is 0 Å². The molecule has 1 fully saturated rings. The largest absolute Gasteiger partial charge is 0.393 e. The van der Waals surface area contributed by atoms with Crippen molar-refractivity contribution < 1.29 is 18.0 Å². The van der Waals surface area contributed by atoms with Crippen molar-refractivity contribution >= 4 is 6.03 Å². The van der Waals surface area contributed by atoms with Crippen LogP contribution in [0.15, 0.2) is 18.7 Å². The molecule has 1 aliphatic heterocycles. The number of halogens is 3. The lowest BCUT2D eigenvalue weighted by atomic mass is 9.98. The first-order chi connectivity index (χ1) is 7.98. The van der Waals surface area contributed by atoms with Crippen LogP contribution in [0.4, 0.5) is 18.0 Å². The molecule has 0 radical (unpaired) electrons. The molecule has 4 nitrogen and oxygen atoms in total. The van der Waals surface area contributed by atoms with Crippen LogP contribution >= 0.6 is 0 Å². The van der Waals surface area contributed by atoms with E-state index >= 15 is 0 Å².